The summed E-state index contributed by atoms with van der Waals surface area (Å²) in [6, 6.07) is 6.59. The lowest BCUT2D eigenvalue weighted by atomic mass is 10.2. The van der Waals surface area contributed by atoms with E-state index in [0.29, 0.717) is 18.5 Å². The van der Waals surface area contributed by atoms with Crippen LogP contribution in [0.15, 0.2) is 29.4 Å². The molecule has 1 aliphatic rings. The first-order valence-electron chi connectivity index (χ1n) is 7.63. The molecule has 1 N–H and O–H groups in total. The number of alkyl halides is 3. The molecule has 1 fully saturated rings. The molecule has 24 heavy (non-hydrogen) atoms. The molecule has 0 saturated carbocycles. The minimum absolute atomic E-state index is 0.263. The Balaban J connectivity index is 2.16. The largest absolute Gasteiger partial charge is 0.432 e. The number of hydrogen-bond donors (Lipinski definition) is 1. The van der Waals surface area contributed by atoms with E-state index in [2.05, 4.69) is 10.5 Å². The molecule has 0 aromatic heterocycles. The molecule has 5 nitrogen and oxygen atoms in total. The standard InChI is InChI=1S/C15H20F3N3O2S/c1-12-5-7-13(8-6-12)19-20-14(15(16,17)18)11-24(22,23)21-9-3-2-4-10-21/h5-8,19H,2-4,9-11H2,1H3/b20-14+. The van der Waals surface area contributed by atoms with Crippen LogP contribution in [0.5, 0.6) is 0 Å². The summed E-state index contributed by atoms with van der Waals surface area (Å²) >= 11 is 0. The molecular formula is C15H20F3N3O2S. The maximum atomic E-state index is 13.1. The van der Waals surface area contributed by atoms with Crippen molar-refractivity contribution in [3.05, 3.63) is 29.8 Å². The second kappa shape index (κ2) is 7.52. The topological polar surface area (TPSA) is 61.8 Å². The van der Waals surface area contributed by atoms with Crippen LogP contribution in [0.3, 0.4) is 0 Å². The third kappa shape index (κ3) is 5.20. The lowest BCUT2D eigenvalue weighted by Gasteiger charge is -2.26. The van der Waals surface area contributed by atoms with E-state index in [9.17, 15) is 21.6 Å². The Labute approximate surface area is 139 Å². The molecule has 1 aliphatic heterocycles. The highest BCUT2D eigenvalue weighted by molar-refractivity contribution is 7.89. The van der Waals surface area contributed by atoms with Gasteiger partial charge in [0.2, 0.25) is 10.0 Å². The van der Waals surface area contributed by atoms with Gasteiger partial charge in [0, 0.05) is 13.1 Å². The quantitative estimate of drug-likeness (QED) is 0.646. The summed E-state index contributed by atoms with van der Waals surface area (Å²) in [5, 5.41) is 3.31. The fraction of sp³-hybridized carbons (Fsp3) is 0.533. The molecule has 0 unspecified atom stereocenters. The second-order valence-corrected chi connectivity index (χ2v) is 7.72. The summed E-state index contributed by atoms with van der Waals surface area (Å²) < 4.78 is 64.9. The van der Waals surface area contributed by atoms with E-state index >= 15 is 0 Å². The van der Waals surface area contributed by atoms with E-state index in [1.807, 2.05) is 6.92 Å². The van der Waals surface area contributed by atoms with E-state index in [1.54, 1.807) is 24.3 Å². The number of hydrogen-bond acceptors (Lipinski definition) is 4. The summed E-state index contributed by atoms with van der Waals surface area (Å²) in [7, 11) is -4.03. The summed E-state index contributed by atoms with van der Waals surface area (Å²) in [5.74, 6) is -1.16. The van der Waals surface area contributed by atoms with Gasteiger partial charge in [-0.25, -0.2) is 12.7 Å². The van der Waals surface area contributed by atoms with E-state index in [1.165, 1.54) is 0 Å². The van der Waals surface area contributed by atoms with Crippen LogP contribution >= 0.6 is 0 Å². The molecule has 1 aromatic carbocycles. The Kier molecular flexibility index (Phi) is 5.87. The predicted molar refractivity (Wildman–Crippen MR) is 87.5 cm³/mol. The first kappa shape index (κ1) is 18.7. The molecule has 0 atom stereocenters. The van der Waals surface area contributed by atoms with Gasteiger partial charge in [0.15, 0.2) is 5.71 Å². The first-order chi connectivity index (χ1) is 11.2. The zero-order valence-corrected chi connectivity index (χ0v) is 14.1. The van der Waals surface area contributed by atoms with Crippen LogP contribution in [-0.4, -0.2) is 43.5 Å². The zero-order chi connectivity index (χ0) is 17.8. The number of piperidine rings is 1. The highest BCUT2D eigenvalue weighted by atomic mass is 32.2. The van der Waals surface area contributed by atoms with Crippen molar-refractivity contribution < 1.29 is 21.6 Å². The van der Waals surface area contributed by atoms with E-state index < -0.39 is 27.7 Å². The minimum Gasteiger partial charge on any atom is -0.278 e. The fourth-order valence-corrected chi connectivity index (χ4v) is 3.92. The van der Waals surface area contributed by atoms with Crippen molar-refractivity contribution in [3.8, 4) is 0 Å². The van der Waals surface area contributed by atoms with Crippen molar-refractivity contribution in [1.82, 2.24) is 4.31 Å². The van der Waals surface area contributed by atoms with Crippen molar-refractivity contribution >= 4 is 21.4 Å². The van der Waals surface area contributed by atoms with Crippen molar-refractivity contribution in [2.24, 2.45) is 5.10 Å². The molecule has 1 aromatic rings. The van der Waals surface area contributed by atoms with Gasteiger partial charge in [-0.3, -0.25) is 5.43 Å². The first-order valence-corrected chi connectivity index (χ1v) is 9.24. The number of hydrazone groups is 1. The molecule has 2 rings (SSSR count). The van der Waals surface area contributed by atoms with Crippen molar-refractivity contribution in [3.63, 3.8) is 0 Å². The number of benzene rings is 1. The highest BCUT2D eigenvalue weighted by Crippen LogP contribution is 2.22. The Morgan fingerprint density at radius 2 is 1.75 bits per heavy atom. The van der Waals surface area contributed by atoms with Crippen molar-refractivity contribution in [2.45, 2.75) is 32.4 Å². The molecule has 1 saturated heterocycles. The number of rotatable bonds is 5. The molecule has 0 bridgehead atoms. The highest BCUT2D eigenvalue weighted by Gasteiger charge is 2.40. The maximum Gasteiger partial charge on any atom is 0.432 e. The monoisotopic (exact) mass is 363 g/mol. The van der Waals surface area contributed by atoms with Gasteiger partial charge in [0.25, 0.3) is 0 Å². The Morgan fingerprint density at radius 3 is 2.29 bits per heavy atom. The van der Waals surface area contributed by atoms with E-state index in [4.69, 9.17) is 0 Å². The zero-order valence-electron chi connectivity index (χ0n) is 13.3. The van der Waals surface area contributed by atoms with Crippen LogP contribution in [0.1, 0.15) is 24.8 Å². The molecule has 0 spiro atoms. The molecule has 0 aliphatic carbocycles. The number of anilines is 1. The Morgan fingerprint density at radius 1 is 1.17 bits per heavy atom. The van der Waals surface area contributed by atoms with Gasteiger partial charge in [-0.05, 0) is 31.9 Å². The smallest absolute Gasteiger partial charge is 0.278 e. The molecule has 9 heteroatoms. The average Bonchev–Trinajstić information content (AvgIpc) is 2.53. The van der Waals surface area contributed by atoms with Gasteiger partial charge in [-0.1, -0.05) is 24.1 Å². The van der Waals surface area contributed by atoms with E-state index in [-0.39, 0.29) is 13.1 Å². The van der Waals surface area contributed by atoms with Crippen LogP contribution in [0.2, 0.25) is 0 Å². The molecule has 134 valence electrons. The lowest BCUT2D eigenvalue weighted by molar-refractivity contribution is -0.0591. The van der Waals surface area contributed by atoms with Gasteiger partial charge < -0.3 is 0 Å². The summed E-state index contributed by atoms with van der Waals surface area (Å²) in [4.78, 5) is 0. The second-order valence-electron chi connectivity index (χ2n) is 5.75. The number of halogens is 3. The molecule has 0 radical (unpaired) electrons. The SMILES string of the molecule is Cc1ccc(N/N=C(\CS(=O)(=O)N2CCCCC2)C(F)(F)F)cc1. The third-order valence-corrected chi connectivity index (χ3v) is 5.52. The number of nitrogens with one attached hydrogen (secondary N) is 1. The Bertz CT molecular complexity index is 679. The van der Waals surface area contributed by atoms with Gasteiger partial charge in [-0.15, -0.1) is 0 Å². The summed E-state index contributed by atoms with van der Waals surface area (Å²) in [6.07, 6.45) is -2.60. The average molecular weight is 363 g/mol. The van der Waals surface area contributed by atoms with Gasteiger partial charge in [-0.2, -0.15) is 18.3 Å². The minimum atomic E-state index is -4.82. The van der Waals surface area contributed by atoms with Crippen molar-refractivity contribution in [2.75, 3.05) is 24.3 Å². The molecule has 1 heterocycles. The van der Waals surface area contributed by atoms with E-state index in [0.717, 1.165) is 16.3 Å². The number of aryl methyl sites for hydroxylation is 1. The van der Waals surface area contributed by atoms with Crippen molar-refractivity contribution in [1.29, 1.82) is 0 Å². The third-order valence-electron chi connectivity index (χ3n) is 3.73. The lowest BCUT2D eigenvalue weighted by Crippen LogP contribution is -2.42. The van der Waals surface area contributed by atoms with Crippen LogP contribution in [-0.2, 0) is 10.0 Å². The number of sulfonamides is 1. The molecular weight excluding hydrogens is 343 g/mol. The van der Waals surface area contributed by atoms with Gasteiger partial charge >= 0.3 is 6.18 Å². The molecule has 0 amide bonds. The fourth-order valence-electron chi connectivity index (χ4n) is 2.34. The summed E-state index contributed by atoms with van der Waals surface area (Å²) in [6.45, 7) is 2.37. The number of nitrogens with zero attached hydrogens (tertiary/aromatic N) is 2. The Hall–Kier alpha value is -1.61. The van der Waals surface area contributed by atoms with Crippen LogP contribution in [0, 0.1) is 6.92 Å². The predicted octanol–water partition coefficient (Wildman–Crippen LogP) is 3.14. The maximum absolute atomic E-state index is 13.1. The van der Waals surface area contributed by atoms with Crippen LogP contribution < -0.4 is 5.43 Å². The normalized spacial score (nSPS) is 17.8. The van der Waals surface area contributed by atoms with Gasteiger partial charge in [0.05, 0.1) is 5.69 Å². The van der Waals surface area contributed by atoms with Gasteiger partial charge in [0.1, 0.15) is 5.75 Å². The van der Waals surface area contributed by atoms with Crippen LogP contribution in [0.4, 0.5) is 18.9 Å². The van der Waals surface area contributed by atoms with Crippen LogP contribution in [0.25, 0.3) is 0 Å². The summed E-state index contributed by atoms with van der Waals surface area (Å²) in [5.41, 5.74) is 2.25.